The first-order chi connectivity index (χ1) is 14.5. The number of piperidine rings is 1. The third-order valence-corrected chi connectivity index (χ3v) is 5.57. The summed E-state index contributed by atoms with van der Waals surface area (Å²) < 4.78 is 1.89. The summed E-state index contributed by atoms with van der Waals surface area (Å²) in [5.41, 5.74) is 10.5. The first-order valence-corrected chi connectivity index (χ1v) is 9.67. The Morgan fingerprint density at radius 3 is 2.71 bits per heavy atom. The highest BCUT2D eigenvalue weighted by atomic mass is 35.5. The molecule has 9 heteroatoms. The Morgan fingerprint density at radius 1 is 1.10 bits per heavy atom. The minimum atomic E-state index is -0.617. The summed E-state index contributed by atoms with van der Waals surface area (Å²) in [5.74, 6) is -0.886. The van der Waals surface area contributed by atoms with Crippen molar-refractivity contribution in [3.63, 3.8) is 0 Å². The van der Waals surface area contributed by atoms with E-state index in [1.165, 1.54) is 0 Å². The molecule has 2 aromatic carbocycles. The Kier molecular flexibility index (Phi) is 5.24. The zero-order chi connectivity index (χ0) is 20.8. The fraction of sp³-hybridized carbons (Fsp3) is 0.182. The molecule has 2 aliphatic rings. The van der Waals surface area contributed by atoms with Crippen LogP contribution in [0.3, 0.4) is 0 Å². The molecule has 158 valence electrons. The third-order valence-electron chi connectivity index (χ3n) is 5.57. The lowest BCUT2D eigenvalue weighted by Crippen LogP contribution is -2.52. The molecule has 1 fully saturated rings. The predicted octanol–water partition coefficient (Wildman–Crippen LogP) is 2.30. The molecule has 0 saturated carbocycles. The highest BCUT2D eigenvalue weighted by molar-refractivity contribution is 6.05. The molecule has 0 spiro atoms. The lowest BCUT2D eigenvalue weighted by atomic mass is 10.0. The van der Waals surface area contributed by atoms with E-state index in [2.05, 4.69) is 10.3 Å². The Labute approximate surface area is 184 Å². The van der Waals surface area contributed by atoms with E-state index in [-0.39, 0.29) is 30.6 Å². The van der Waals surface area contributed by atoms with E-state index in [9.17, 15) is 14.4 Å². The standard InChI is InChI=1S/C22H19N5O3.ClH/c23-15-2-1-3-16(9-15)26-11-18(24-12-26)13-4-5-17-14(8-13)10-27(22(17)30)19-6-7-20(28)25-21(19)29;/h1-5,8-9,11-12,19H,6-7,10,23H2,(H,25,28,29);1H. The van der Waals surface area contributed by atoms with Gasteiger partial charge in [-0.3, -0.25) is 19.7 Å². The van der Waals surface area contributed by atoms with Crippen LogP contribution in [0.2, 0.25) is 0 Å². The number of benzene rings is 2. The molecule has 0 aliphatic carbocycles. The molecule has 31 heavy (non-hydrogen) atoms. The van der Waals surface area contributed by atoms with Crippen LogP contribution in [0.4, 0.5) is 5.69 Å². The summed E-state index contributed by atoms with van der Waals surface area (Å²) in [7, 11) is 0. The summed E-state index contributed by atoms with van der Waals surface area (Å²) in [6, 6.07) is 12.5. The van der Waals surface area contributed by atoms with Crippen molar-refractivity contribution in [2.75, 3.05) is 5.73 Å². The van der Waals surface area contributed by atoms with E-state index in [4.69, 9.17) is 5.73 Å². The van der Waals surface area contributed by atoms with Crippen LogP contribution < -0.4 is 11.1 Å². The zero-order valence-corrected chi connectivity index (χ0v) is 17.3. The smallest absolute Gasteiger partial charge is 0.255 e. The van der Waals surface area contributed by atoms with Gasteiger partial charge in [-0.15, -0.1) is 12.4 Å². The van der Waals surface area contributed by atoms with E-state index in [1.54, 1.807) is 17.3 Å². The van der Waals surface area contributed by atoms with Gasteiger partial charge in [-0.2, -0.15) is 0 Å². The molecule has 1 aromatic heterocycles. The molecule has 3 aromatic rings. The van der Waals surface area contributed by atoms with E-state index in [0.717, 1.165) is 22.5 Å². The number of fused-ring (bicyclic) bond motifs is 1. The minimum Gasteiger partial charge on any atom is -0.399 e. The number of carbonyl (C=O) groups is 3. The van der Waals surface area contributed by atoms with Crippen molar-refractivity contribution in [3.8, 4) is 16.9 Å². The highest BCUT2D eigenvalue weighted by Gasteiger charge is 2.39. The van der Waals surface area contributed by atoms with Crippen LogP contribution in [0, 0.1) is 0 Å². The van der Waals surface area contributed by atoms with E-state index >= 15 is 0 Å². The SMILES string of the molecule is Cl.Nc1cccc(-n2cnc(-c3ccc4c(c3)CN(C3CCC(=O)NC3=O)C4=O)c2)c1. The lowest BCUT2D eigenvalue weighted by Gasteiger charge is -2.29. The molecule has 0 radical (unpaired) electrons. The quantitative estimate of drug-likeness (QED) is 0.482. The Bertz CT molecular complexity index is 1210. The van der Waals surface area contributed by atoms with Gasteiger partial charge in [0.15, 0.2) is 0 Å². The number of nitrogens with one attached hydrogen (secondary N) is 1. The van der Waals surface area contributed by atoms with Crippen LogP contribution >= 0.6 is 12.4 Å². The number of halogens is 1. The third kappa shape index (κ3) is 3.66. The van der Waals surface area contributed by atoms with Gasteiger partial charge < -0.3 is 15.2 Å². The van der Waals surface area contributed by atoms with Gasteiger partial charge in [0.05, 0.1) is 12.0 Å². The van der Waals surface area contributed by atoms with Crippen LogP contribution in [0.1, 0.15) is 28.8 Å². The number of carbonyl (C=O) groups excluding carboxylic acids is 3. The fourth-order valence-electron chi connectivity index (χ4n) is 4.03. The van der Waals surface area contributed by atoms with Crippen molar-refractivity contribution in [3.05, 3.63) is 66.1 Å². The average Bonchev–Trinajstić information content (AvgIpc) is 3.33. The van der Waals surface area contributed by atoms with Crippen molar-refractivity contribution in [2.24, 2.45) is 0 Å². The van der Waals surface area contributed by atoms with Crippen LogP contribution in [0.5, 0.6) is 0 Å². The van der Waals surface area contributed by atoms with Gasteiger partial charge in [0.2, 0.25) is 11.8 Å². The Hall–Kier alpha value is -3.65. The van der Waals surface area contributed by atoms with Gasteiger partial charge in [-0.25, -0.2) is 4.98 Å². The van der Waals surface area contributed by atoms with E-state index in [1.807, 2.05) is 47.2 Å². The Morgan fingerprint density at radius 2 is 1.94 bits per heavy atom. The molecule has 0 bridgehead atoms. The molecular weight excluding hydrogens is 418 g/mol. The topological polar surface area (TPSA) is 110 Å². The van der Waals surface area contributed by atoms with E-state index < -0.39 is 11.9 Å². The fourth-order valence-corrected chi connectivity index (χ4v) is 4.03. The number of rotatable bonds is 3. The molecule has 3 amide bonds. The molecule has 1 atom stereocenters. The maximum atomic E-state index is 12.8. The van der Waals surface area contributed by atoms with Gasteiger partial charge >= 0.3 is 0 Å². The van der Waals surface area contributed by atoms with Gasteiger partial charge in [-0.05, 0) is 42.3 Å². The second-order valence-electron chi connectivity index (χ2n) is 7.53. The maximum absolute atomic E-state index is 12.8. The van der Waals surface area contributed by atoms with Crippen LogP contribution in [-0.4, -0.2) is 38.2 Å². The first kappa shape index (κ1) is 20.6. The molecular formula is C22H20ClN5O3. The molecule has 2 aliphatic heterocycles. The summed E-state index contributed by atoms with van der Waals surface area (Å²) in [5, 5.41) is 2.32. The monoisotopic (exact) mass is 437 g/mol. The number of nitrogen functional groups attached to an aromatic ring is 1. The minimum absolute atomic E-state index is 0. The van der Waals surface area contributed by atoms with Crippen LogP contribution in [0.15, 0.2) is 55.0 Å². The van der Waals surface area contributed by atoms with Gasteiger partial charge in [0, 0.05) is 41.7 Å². The number of aromatic nitrogens is 2. The number of nitrogens with zero attached hydrogens (tertiary/aromatic N) is 3. The van der Waals surface area contributed by atoms with Crippen molar-refractivity contribution in [1.29, 1.82) is 0 Å². The summed E-state index contributed by atoms with van der Waals surface area (Å²) in [6.45, 7) is 0.338. The largest absolute Gasteiger partial charge is 0.399 e. The molecule has 5 rings (SSSR count). The van der Waals surface area contributed by atoms with Crippen molar-refractivity contribution in [2.45, 2.75) is 25.4 Å². The maximum Gasteiger partial charge on any atom is 0.255 e. The number of anilines is 1. The van der Waals surface area contributed by atoms with Gasteiger partial charge in [-0.1, -0.05) is 12.1 Å². The van der Waals surface area contributed by atoms with E-state index in [0.29, 0.717) is 24.2 Å². The highest BCUT2D eigenvalue weighted by Crippen LogP contribution is 2.31. The van der Waals surface area contributed by atoms with Crippen molar-refractivity contribution in [1.82, 2.24) is 19.8 Å². The van der Waals surface area contributed by atoms with Gasteiger partial charge in [0.25, 0.3) is 5.91 Å². The van der Waals surface area contributed by atoms with Crippen LogP contribution in [-0.2, 0) is 16.1 Å². The summed E-state index contributed by atoms with van der Waals surface area (Å²) >= 11 is 0. The van der Waals surface area contributed by atoms with Crippen molar-refractivity contribution < 1.29 is 14.4 Å². The summed E-state index contributed by atoms with van der Waals surface area (Å²) in [4.78, 5) is 42.5. The number of imidazole rings is 1. The average molecular weight is 438 g/mol. The molecule has 3 N–H and O–H groups in total. The number of hydrogen-bond donors (Lipinski definition) is 2. The second-order valence-corrected chi connectivity index (χ2v) is 7.53. The number of amides is 3. The number of nitrogens with two attached hydrogens (primary N) is 1. The lowest BCUT2D eigenvalue weighted by molar-refractivity contribution is -0.136. The zero-order valence-electron chi connectivity index (χ0n) is 16.4. The number of imide groups is 1. The van der Waals surface area contributed by atoms with Gasteiger partial charge in [0.1, 0.15) is 6.04 Å². The molecule has 1 saturated heterocycles. The second kappa shape index (κ2) is 7.88. The first-order valence-electron chi connectivity index (χ1n) is 9.67. The normalized spacial score (nSPS) is 17.9. The van der Waals surface area contributed by atoms with Crippen LogP contribution in [0.25, 0.3) is 16.9 Å². The molecule has 1 unspecified atom stereocenters. The predicted molar refractivity (Wildman–Crippen MR) is 117 cm³/mol. The Balaban J connectivity index is 0.00000231. The summed E-state index contributed by atoms with van der Waals surface area (Å²) in [6.07, 6.45) is 4.22. The molecule has 3 heterocycles. The van der Waals surface area contributed by atoms with Crippen molar-refractivity contribution >= 4 is 35.8 Å². The molecule has 8 nitrogen and oxygen atoms in total. The number of hydrogen-bond acceptors (Lipinski definition) is 5.